The number of amides is 1. The van der Waals surface area contributed by atoms with Crippen LogP contribution in [0.2, 0.25) is 0 Å². The molecule has 2 rings (SSSR count). The van der Waals surface area contributed by atoms with Crippen molar-refractivity contribution in [3.8, 4) is 0 Å². The summed E-state index contributed by atoms with van der Waals surface area (Å²) < 4.78 is 1.03. The Labute approximate surface area is 109 Å². The number of hydrogen-bond donors (Lipinski definition) is 0. The third kappa shape index (κ3) is 2.82. The molecule has 98 valence electrons. The van der Waals surface area contributed by atoms with Gasteiger partial charge in [0.1, 0.15) is 0 Å². The van der Waals surface area contributed by atoms with Crippen molar-refractivity contribution >= 4 is 11.8 Å². The molecule has 19 heavy (non-hydrogen) atoms. The number of hydrogen-bond acceptors (Lipinski definition) is 5. The Bertz CT molecular complexity index is 591. The van der Waals surface area contributed by atoms with E-state index in [9.17, 15) is 9.59 Å². The van der Waals surface area contributed by atoms with Crippen LogP contribution in [0.4, 0.5) is 4.79 Å². The first kappa shape index (κ1) is 12.9. The summed E-state index contributed by atoms with van der Waals surface area (Å²) in [5, 5.41) is 10.8. The van der Waals surface area contributed by atoms with E-state index in [2.05, 4.69) is 15.5 Å². The standard InChI is InChI=1S/C12H13N5O2/c1-16(2)12(19)17-11(13-14-15-17)8-10(18)9-6-4-3-5-7-9/h3-7H,8H2,1-2H3. The van der Waals surface area contributed by atoms with Gasteiger partial charge in [0, 0.05) is 19.7 Å². The van der Waals surface area contributed by atoms with E-state index in [-0.39, 0.29) is 24.1 Å². The predicted octanol–water partition coefficient (Wildman–Crippen LogP) is 0.628. The Kier molecular flexibility index (Phi) is 3.65. The number of ketones is 1. The van der Waals surface area contributed by atoms with Gasteiger partial charge in [0.2, 0.25) is 0 Å². The van der Waals surface area contributed by atoms with Gasteiger partial charge in [0.15, 0.2) is 11.6 Å². The maximum absolute atomic E-state index is 12.0. The first-order valence-electron chi connectivity index (χ1n) is 5.66. The van der Waals surface area contributed by atoms with Crippen molar-refractivity contribution < 1.29 is 9.59 Å². The first-order valence-corrected chi connectivity index (χ1v) is 5.66. The lowest BCUT2D eigenvalue weighted by molar-refractivity contribution is 0.0990. The van der Waals surface area contributed by atoms with Crippen molar-refractivity contribution in [1.29, 1.82) is 0 Å². The summed E-state index contributed by atoms with van der Waals surface area (Å²) in [5.74, 6) is 0.0933. The fourth-order valence-electron chi connectivity index (χ4n) is 1.52. The molecule has 0 saturated carbocycles. The maximum atomic E-state index is 12.0. The van der Waals surface area contributed by atoms with E-state index in [1.54, 1.807) is 38.4 Å². The number of carbonyl (C=O) groups is 2. The van der Waals surface area contributed by atoms with E-state index in [1.807, 2.05) is 6.07 Å². The highest BCUT2D eigenvalue weighted by atomic mass is 16.2. The van der Waals surface area contributed by atoms with E-state index >= 15 is 0 Å². The van der Waals surface area contributed by atoms with Crippen molar-refractivity contribution in [3.05, 3.63) is 41.7 Å². The number of nitrogens with zero attached hydrogens (tertiary/aromatic N) is 5. The molecule has 7 nitrogen and oxygen atoms in total. The van der Waals surface area contributed by atoms with Crippen molar-refractivity contribution in [3.63, 3.8) is 0 Å². The number of aromatic nitrogens is 4. The largest absolute Gasteiger partial charge is 0.347 e. The average Bonchev–Trinajstić information content (AvgIpc) is 2.86. The minimum Gasteiger partial charge on any atom is -0.329 e. The SMILES string of the molecule is CN(C)C(=O)n1nnnc1CC(=O)c1ccccc1. The number of tetrazole rings is 1. The Balaban J connectivity index is 2.19. The maximum Gasteiger partial charge on any atom is 0.347 e. The molecule has 0 spiro atoms. The van der Waals surface area contributed by atoms with Gasteiger partial charge in [-0.05, 0) is 10.4 Å². The van der Waals surface area contributed by atoms with Crippen LogP contribution in [0.15, 0.2) is 30.3 Å². The molecule has 0 bridgehead atoms. The van der Waals surface area contributed by atoms with Crippen LogP contribution in [0.1, 0.15) is 16.2 Å². The van der Waals surface area contributed by atoms with Gasteiger partial charge in [0.05, 0.1) is 6.42 Å². The van der Waals surface area contributed by atoms with E-state index in [4.69, 9.17) is 0 Å². The third-order valence-electron chi connectivity index (χ3n) is 2.51. The lowest BCUT2D eigenvalue weighted by Crippen LogP contribution is -2.30. The summed E-state index contributed by atoms with van der Waals surface area (Å²) in [4.78, 5) is 25.1. The molecule has 0 aliphatic heterocycles. The molecule has 1 amide bonds. The molecule has 1 heterocycles. The van der Waals surface area contributed by atoms with Gasteiger partial charge in [0.25, 0.3) is 0 Å². The quantitative estimate of drug-likeness (QED) is 0.596. The highest BCUT2D eigenvalue weighted by Gasteiger charge is 2.18. The second-order valence-corrected chi connectivity index (χ2v) is 4.15. The topological polar surface area (TPSA) is 81.0 Å². The lowest BCUT2D eigenvalue weighted by Gasteiger charge is -2.09. The second-order valence-electron chi connectivity index (χ2n) is 4.15. The third-order valence-corrected chi connectivity index (χ3v) is 2.51. The minimum absolute atomic E-state index is 0.0173. The molecule has 0 atom stereocenters. The molecule has 2 aromatic rings. The zero-order chi connectivity index (χ0) is 13.8. The summed E-state index contributed by atoms with van der Waals surface area (Å²) in [7, 11) is 3.18. The Morgan fingerprint density at radius 1 is 1.21 bits per heavy atom. The molecule has 0 fully saturated rings. The number of Topliss-reactive ketones (excluding diaryl/α,β-unsaturated/α-hetero) is 1. The first-order chi connectivity index (χ1) is 9.09. The van der Waals surface area contributed by atoms with Gasteiger partial charge in [-0.2, -0.15) is 0 Å². The van der Waals surface area contributed by atoms with Crippen molar-refractivity contribution in [2.45, 2.75) is 6.42 Å². The molecule has 0 aliphatic carbocycles. The zero-order valence-corrected chi connectivity index (χ0v) is 10.6. The summed E-state index contributed by atoms with van der Waals surface area (Å²) in [6.07, 6.45) is -0.0173. The summed E-state index contributed by atoms with van der Waals surface area (Å²) in [6, 6.07) is 8.42. The smallest absolute Gasteiger partial charge is 0.329 e. The number of benzene rings is 1. The molecule has 0 N–H and O–H groups in total. The van der Waals surface area contributed by atoms with E-state index in [1.165, 1.54) is 4.90 Å². The fraction of sp³-hybridized carbons (Fsp3) is 0.250. The highest BCUT2D eigenvalue weighted by molar-refractivity contribution is 5.97. The van der Waals surface area contributed by atoms with E-state index in [0.717, 1.165) is 4.68 Å². The van der Waals surface area contributed by atoms with Crippen LogP contribution >= 0.6 is 0 Å². The minimum atomic E-state index is -0.388. The van der Waals surface area contributed by atoms with E-state index < -0.39 is 0 Å². The van der Waals surface area contributed by atoms with Crippen LogP contribution in [0.5, 0.6) is 0 Å². The van der Waals surface area contributed by atoms with Crippen LogP contribution in [0.25, 0.3) is 0 Å². The van der Waals surface area contributed by atoms with E-state index in [0.29, 0.717) is 5.56 Å². The zero-order valence-electron chi connectivity index (χ0n) is 10.6. The van der Waals surface area contributed by atoms with Crippen molar-refractivity contribution in [2.24, 2.45) is 0 Å². The normalized spacial score (nSPS) is 10.2. The molecule has 0 aliphatic rings. The number of rotatable bonds is 3. The molecule has 1 aromatic carbocycles. The van der Waals surface area contributed by atoms with Crippen LogP contribution in [0.3, 0.4) is 0 Å². The molecule has 1 aromatic heterocycles. The molecule has 7 heteroatoms. The van der Waals surface area contributed by atoms with Crippen LogP contribution in [-0.2, 0) is 6.42 Å². The van der Waals surface area contributed by atoms with Crippen molar-refractivity contribution in [2.75, 3.05) is 14.1 Å². The molecule has 0 saturated heterocycles. The van der Waals surface area contributed by atoms with Gasteiger partial charge >= 0.3 is 6.03 Å². The molecule has 0 unspecified atom stereocenters. The number of carbonyl (C=O) groups excluding carboxylic acids is 2. The van der Waals surface area contributed by atoms with Gasteiger partial charge in [-0.1, -0.05) is 30.3 Å². The molecule has 0 radical (unpaired) electrons. The van der Waals surface area contributed by atoms with Crippen LogP contribution < -0.4 is 0 Å². The monoisotopic (exact) mass is 259 g/mol. The van der Waals surface area contributed by atoms with Gasteiger partial charge in [-0.15, -0.1) is 9.78 Å². The second kappa shape index (κ2) is 5.38. The Morgan fingerprint density at radius 3 is 2.53 bits per heavy atom. The predicted molar refractivity (Wildman–Crippen MR) is 66.8 cm³/mol. The van der Waals surface area contributed by atoms with Crippen LogP contribution in [0, 0.1) is 0 Å². The van der Waals surface area contributed by atoms with Gasteiger partial charge < -0.3 is 4.90 Å². The molecular weight excluding hydrogens is 246 g/mol. The summed E-state index contributed by atoms with van der Waals surface area (Å²) >= 11 is 0. The highest BCUT2D eigenvalue weighted by Crippen LogP contribution is 2.05. The fourth-order valence-corrected chi connectivity index (χ4v) is 1.52. The van der Waals surface area contributed by atoms with Gasteiger partial charge in [-0.25, -0.2) is 4.79 Å². The van der Waals surface area contributed by atoms with Crippen molar-refractivity contribution in [1.82, 2.24) is 25.1 Å². The summed E-state index contributed by atoms with van der Waals surface area (Å²) in [5.41, 5.74) is 0.564. The average molecular weight is 259 g/mol. The Hall–Kier alpha value is -2.57. The summed E-state index contributed by atoms with van der Waals surface area (Å²) in [6.45, 7) is 0. The van der Waals surface area contributed by atoms with Gasteiger partial charge in [-0.3, -0.25) is 4.79 Å². The lowest BCUT2D eigenvalue weighted by atomic mass is 10.1. The van der Waals surface area contributed by atoms with Crippen LogP contribution in [-0.4, -0.2) is 51.0 Å². The Morgan fingerprint density at radius 2 is 1.89 bits per heavy atom. The molecular formula is C12H13N5O2.